The average molecular weight is 376 g/mol. The lowest BCUT2D eigenvalue weighted by Gasteiger charge is -2.18. The summed E-state index contributed by atoms with van der Waals surface area (Å²) in [5.74, 6) is 1.39. The van der Waals surface area contributed by atoms with Gasteiger partial charge in [0.2, 0.25) is 5.91 Å². The number of aromatic nitrogens is 2. The second-order valence-corrected chi connectivity index (χ2v) is 6.66. The smallest absolute Gasteiger partial charge is 0.277 e. The normalized spacial score (nSPS) is 11.5. The zero-order chi connectivity index (χ0) is 19.1. The Morgan fingerprint density at radius 1 is 1.38 bits per heavy atom. The molecule has 1 atom stereocenters. The van der Waals surface area contributed by atoms with Crippen LogP contribution in [-0.4, -0.2) is 54.1 Å². The Hall–Kier alpha value is -2.73. The molecule has 1 amide bonds. The highest BCUT2D eigenvalue weighted by Crippen LogP contribution is 2.34. The molecule has 0 aliphatic carbocycles. The van der Waals surface area contributed by atoms with Gasteiger partial charge >= 0.3 is 0 Å². The number of ether oxygens (including phenoxy) is 2. The minimum Gasteiger partial charge on any atom is -0.497 e. The highest BCUT2D eigenvalue weighted by atomic mass is 32.2. The molecule has 0 saturated carbocycles. The minimum atomic E-state index is -0.412. The fraction of sp³-hybridized carbons (Fsp3) is 0.412. The fourth-order valence-electron chi connectivity index (χ4n) is 2.18. The SMILES string of the molecule is COc1ccc(-c2nnc(S[C@H](C)C(=O)N(C)CCC#N)o2)c(OC)c1. The number of hydrogen-bond acceptors (Lipinski definition) is 8. The quantitative estimate of drug-likeness (QED) is 0.648. The Morgan fingerprint density at radius 2 is 2.15 bits per heavy atom. The maximum Gasteiger partial charge on any atom is 0.277 e. The van der Waals surface area contributed by atoms with Gasteiger partial charge in [-0.25, -0.2) is 0 Å². The highest BCUT2D eigenvalue weighted by molar-refractivity contribution is 8.00. The Morgan fingerprint density at radius 3 is 2.81 bits per heavy atom. The summed E-state index contributed by atoms with van der Waals surface area (Å²) in [4.78, 5) is 13.8. The van der Waals surface area contributed by atoms with Crippen molar-refractivity contribution in [2.45, 2.75) is 23.8 Å². The zero-order valence-electron chi connectivity index (χ0n) is 15.1. The van der Waals surface area contributed by atoms with Crippen LogP contribution in [0, 0.1) is 11.3 Å². The molecule has 0 radical (unpaired) electrons. The molecule has 0 aliphatic rings. The summed E-state index contributed by atoms with van der Waals surface area (Å²) in [5.41, 5.74) is 0.637. The molecule has 0 fully saturated rings. The van der Waals surface area contributed by atoms with Crippen LogP contribution in [0.25, 0.3) is 11.5 Å². The van der Waals surface area contributed by atoms with E-state index >= 15 is 0 Å². The molecule has 2 rings (SSSR count). The standard InChI is InChI=1S/C17H20N4O4S/c1-11(16(22)21(2)9-5-8-18)26-17-20-19-15(25-17)13-7-6-12(23-3)10-14(13)24-4/h6-7,10-11H,5,9H2,1-4H3/t11-/m1/s1. The maximum absolute atomic E-state index is 12.3. The molecule has 0 bridgehead atoms. The first kappa shape index (κ1) is 19.6. The second-order valence-electron chi connectivity index (χ2n) is 5.37. The van der Waals surface area contributed by atoms with Gasteiger partial charge in [0.05, 0.1) is 37.5 Å². The summed E-state index contributed by atoms with van der Waals surface area (Å²) in [6, 6.07) is 7.28. The van der Waals surface area contributed by atoms with E-state index in [0.717, 1.165) is 0 Å². The van der Waals surface area contributed by atoms with E-state index in [2.05, 4.69) is 10.2 Å². The Balaban J connectivity index is 2.10. The number of nitrogens with zero attached hydrogens (tertiary/aromatic N) is 4. The van der Waals surface area contributed by atoms with Crippen molar-refractivity contribution in [2.75, 3.05) is 27.8 Å². The zero-order valence-corrected chi connectivity index (χ0v) is 15.9. The van der Waals surface area contributed by atoms with Crippen molar-refractivity contribution in [1.82, 2.24) is 15.1 Å². The van der Waals surface area contributed by atoms with Crippen molar-refractivity contribution in [2.24, 2.45) is 0 Å². The van der Waals surface area contributed by atoms with Gasteiger partial charge in [0.15, 0.2) is 0 Å². The number of amides is 1. The van der Waals surface area contributed by atoms with Crippen molar-refractivity contribution in [3.05, 3.63) is 18.2 Å². The molecule has 2 aromatic rings. The first-order chi connectivity index (χ1) is 12.5. The van der Waals surface area contributed by atoms with Gasteiger partial charge < -0.3 is 18.8 Å². The molecule has 1 aromatic heterocycles. The van der Waals surface area contributed by atoms with E-state index in [1.54, 1.807) is 46.4 Å². The lowest BCUT2D eigenvalue weighted by atomic mass is 10.2. The van der Waals surface area contributed by atoms with Gasteiger partial charge in [-0.2, -0.15) is 5.26 Å². The lowest BCUT2D eigenvalue weighted by Crippen LogP contribution is -2.33. The van der Waals surface area contributed by atoms with Gasteiger partial charge in [-0.15, -0.1) is 10.2 Å². The number of thioether (sulfide) groups is 1. The molecule has 1 heterocycles. The van der Waals surface area contributed by atoms with E-state index in [1.807, 2.05) is 6.07 Å². The summed E-state index contributed by atoms with van der Waals surface area (Å²) in [7, 11) is 4.78. The van der Waals surface area contributed by atoms with Crippen molar-refractivity contribution < 1.29 is 18.7 Å². The van der Waals surface area contributed by atoms with Crippen LogP contribution in [0.1, 0.15) is 13.3 Å². The average Bonchev–Trinajstić information content (AvgIpc) is 3.12. The predicted molar refractivity (Wildman–Crippen MR) is 96.0 cm³/mol. The van der Waals surface area contributed by atoms with E-state index < -0.39 is 5.25 Å². The van der Waals surface area contributed by atoms with Crippen molar-refractivity contribution in [3.63, 3.8) is 0 Å². The number of benzene rings is 1. The van der Waals surface area contributed by atoms with E-state index in [1.165, 1.54) is 16.7 Å². The molecule has 1 aromatic carbocycles. The molecule has 0 N–H and O–H groups in total. The van der Waals surface area contributed by atoms with Gasteiger partial charge in [-0.05, 0) is 19.1 Å². The highest BCUT2D eigenvalue weighted by Gasteiger charge is 2.22. The Bertz CT molecular complexity index is 802. The van der Waals surface area contributed by atoms with E-state index in [0.29, 0.717) is 35.9 Å². The molecule has 138 valence electrons. The number of carbonyl (C=O) groups excluding carboxylic acids is 1. The van der Waals surface area contributed by atoms with Crippen LogP contribution in [0.4, 0.5) is 0 Å². The van der Waals surface area contributed by atoms with E-state index in [4.69, 9.17) is 19.2 Å². The van der Waals surface area contributed by atoms with Crippen LogP contribution >= 0.6 is 11.8 Å². The van der Waals surface area contributed by atoms with Gasteiger partial charge in [0.1, 0.15) is 11.5 Å². The maximum atomic E-state index is 12.3. The van der Waals surface area contributed by atoms with Gasteiger partial charge in [0.25, 0.3) is 11.1 Å². The number of methoxy groups -OCH3 is 2. The summed E-state index contributed by atoms with van der Waals surface area (Å²) in [5, 5.41) is 16.5. The molecular formula is C17H20N4O4S. The third-order valence-electron chi connectivity index (χ3n) is 3.61. The first-order valence-corrected chi connectivity index (χ1v) is 8.72. The second kappa shape index (κ2) is 9.10. The molecule has 0 spiro atoms. The third kappa shape index (κ3) is 4.67. The van der Waals surface area contributed by atoms with Crippen LogP contribution in [0.5, 0.6) is 11.5 Å². The first-order valence-electron chi connectivity index (χ1n) is 7.84. The predicted octanol–water partition coefficient (Wildman–Crippen LogP) is 2.61. The van der Waals surface area contributed by atoms with Crippen LogP contribution in [0.15, 0.2) is 27.8 Å². The topological polar surface area (TPSA) is 101 Å². The summed E-state index contributed by atoms with van der Waals surface area (Å²) < 4.78 is 16.2. The summed E-state index contributed by atoms with van der Waals surface area (Å²) in [6.45, 7) is 2.14. The van der Waals surface area contributed by atoms with Gasteiger partial charge in [-0.3, -0.25) is 4.79 Å². The molecule has 0 saturated heterocycles. The van der Waals surface area contributed by atoms with Crippen LogP contribution in [0.3, 0.4) is 0 Å². The molecular weight excluding hydrogens is 356 g/mol. The number of hydrogen-bond donors (Lipinski definition) is 0. The van der Waals surface area contributed by atoms with E-state index in [-0.39, 0.29) is 11.1 Å². The fourth-order valence-corrected chi connectivity index (χ4v) is 2.98. The third-order valence-corrected chi connectivity index (χ3v) is 4.53. The molecule has 0 aliphatic heterocycles. The number of rotatable bonds is 8. The molecule has 9 heteroatoms. The van der Waals surface area contributed by atoms with Crippen LogP contribution in [-0.2, 0) is 4.79 Å². The number of carbonyl (C=O) groups is 1. The van der Waals surface area contributed by atoms with Crippen LogP contribution < -0.4 is 9.47 Å². The summed E-state index contributed by atoms with van der Waals surface area (Å²) in [6.07, 6.45) is 0.293. The monoisotopic (exact) mass is 376 g/mol. The Labute approximate surface area is 156 Å². The number of nitriles is 1. The largest absolute Gasteiger partial charge is 0.497 e. The van der Waals surface area contributed by atoms with Crippen molar-refractivity contribution >= 4 is 17.7 Å². The lowest BCUT2D eigenvalue weighted by molar-refractivity contribution is -0.128. The van der Waals surface area contributed by atoms with Crippen LogP contribution in [0.2, 0.25) is 0 Å². The minimum absolute atomic E-state index is 0.105. The van der Waals surface area contributed by atoms with E-state index in [9.17, 15) is 4.79 Å². The Kier molecular flexibility index (Phi) is 6.86. The molecule has 8 nitrogen and oxygen atoms in total. The van der Waals surface area contributed by atoms with Gasteiger partial charge in [-0.1, -0.05) is 11.8 Å². The summed E-state index contributed by atoms with van der Waals surface area (Å²) >= 11 is 1.17. The van der Waals surface area contributed by atoms with Gasteiger partial charge in [0, 0.05) is 19.7 Å². The molecule has 0 unspecified atom stereocenters. The van der Waals surface area contributed by atoms with Crippen molar-refractivity contribution in [1.29, 1.82) is 5.26 Å². The molecule has 26 heavy (non-hydrogen) atoms. The van der Waals surface area contributed by atoms with Crippen molar-refractivity contribution in [3.8, 4) is 29.0 Å².